The number of halogens is 2. The zero-order valence-electron chi connectivity index (χ0n) is 12.3. The molecular weight excluding hydrogens is 322 g/mol. The molecule has 4 nitrogen and oxygen atoms in total. The molecule has 3 rings (SSSR count). The Labute approximate surface area is 134 Å². The van der Waals surface area contributed by atoms with Gasteiger partial charge in [0.25, 0.3) is 0 Å². The molecule has 0 aromatic heterocycles. The first-order valence-electron chi connectivity index (χ1n) is 7.24. The molecule has 0 N–H and O–H groups in total. The van der Waals surface area contributed by atoms with Gasteiger partial charge in [-0.1, -0.05) is 24.3 Å². The third kappa shape index (κ3) is 3.07. The van der Waals surface area contributed by atoms with E-state index in [1.165, 1.54) is 34.6 Å². The Balaban J connectivity index is 1.77. The summed E-state index contributed by atoms with van der Waals surface area (Å²) in [4.78, 5) is 1.77. The molecule has 1 heterocycles. The molecule has 23 heavy (non-hydrogen) atoms. The van der Waals surface area contributed by atoms with Crippen LogP contribution in [0.15, 0.2) is 53.4 Å². The van der Waals surface area contributed by atoms with Crippen molar-refractivity contribution in [2.45, 2.75) is 4.90 Å². The van der Waals surface area contributed by atoms with Crippen molar-refractivity contribution < 1.29 is 17.2 Å². The van der Waals surface area contributed by atoms with Crippen molar-refractivity contribution in [1.82, 2.24) is 4.31 Å². The smallest absolute Gasteiger partial charge is 0.243 e. The highest BCUT2D eigenvalue weighted by molar-refractivity contribution is 7.89. The summed E-state index contributed by atoms with van der Waals surface area (Å²) in [7, 11) is -3.57. The molecule has 0 spiro atoms. The lowest BCUT2D eigenvalue weighted by atomic mass is 10.2. The zero-order chi connectivity index (χ0) is 16.4. The second-order valence-electron chi connectivity index (χ2n) is 5.27. The van der Waals surface area contributed by atoms with E-state index in [1.807, 2.05) is 0 Å². The van der Waals surface area contributed by atoms with E-state index in [9.17, 15) is 17.2 Å². The van der Waals surface area contributed by atoms with Crippen LogP contribution in [0, 0.1) is 11.6 Å². The summed E-state index contributed by atoms with van der Waals surface area (Å²) in [5, 5.41) is 0. The highest BCUT2D eigenvalue weighted by Crippen LogP contribution is 2.25. The quantitative estimate of drug-likeness (QED) is 0.863. The predicted octanol–water partition coefficient (Wildman–Crippen LogP) is 2.48. The van der Waals surface area contributed by atoms with E-state index >= 15 is 0 Å². The predicted molar refractivity (Wildman–Crippen MR) is 83.8 cm³/mol. The van der Waals surface area contributed by atoms with Gasteiger partial charge < -0.3 is 4.90 Å². The van der Waals surface area contributed by atoms with E-state index in [0.29, 0.717) is 0 Å². The normalized spacial score (nSPS) is 16.5. The number of nitrogens with zero attached hydrogens (tertiary/aromatic N) is 2. The van der Waals surface area contributed by atoms with Crippen LogP contribution in [-0.4, -0.2) is 38.9 Å². The third-order valence-corrected chi connectivity index (χ3v) is 5.79. The summed E-state index contributed by atoms with van der Waals surface area (Å²) >= 11 is 0. The van der Waals surface area contributed by atoms with Gasteiger partial charge in [0, 0.05) is 26.2 Å². The molecule has 0 unspecified atom stereocenters. The van der Waals surface area contributed by atoms with Crippen molar-refractivity contribution in [3.05, 3.63) is 60.2 Å². The Morgan fingerprint density at radius 3 is 1.91 bits per heavy atom. The Kier molecular flexibility index (Phi) is 4.32. The highest BCUT2D eigenvalue weighted by Gasteiger charge is 2.30. The summed E-state index contributed by atoms with van der Waals surface area (Å²) in [6.07, 6.45) is 0. The van der Waals surface area contributed by atoms with E-state index in [1.54, 1.807) is 23.1 Å². The Morgan fingerprint density at radius 2 is 1.35 bits per heavy atom. The molecule has 1 aliphatic heterocycles. The van der Waals surface area contributed by atoms with Gasteiger partial charge in [-0.3, -0.25) is 0 Å². The molecule has 0 amide bonds. The number of anilines is 1. The van der Waals surface area contributed by atoms with Crippen LogP contribution in [0.4, 0.5) is 14.5 Å². The fraction of sp³-hybridized carbons (Fsp3) is 0.250. The van der Waals surface area contributed by atoms with Crippen molar-refractivity contribution in [1.29, 1.82) is 0 Å². The van der Waals surface area contributed by atoms with Crippen LogP contribution in [-0.2, 0) is 10.0 Å². The maximum atomic E-state index is 13.8. The van der Waals surface area contributed by atoms with E-state index in [4.69, 9.17) is 0 Å². The number of hydrogen-bond donors (Lipinski definition) is 0. The fourth-order valence-corrected chi connectivity index (χ4v) is 4.13. The highest BCUT2D eigenvalue weighted by atomic mass is 32.2. The number of hydrogen-bond acceptors (Lipinski definition) is 3. The Morgan fingerprint density at radius 1 is 0.783 bits per heavy atom. The summed E-state index contributed by atoms with van der Waals surface area (Å²) in [6, 6.07) is 11.9. The lowest BCUT2D eigenvalue weighted by Gasteiger charge is -2.35. The largest absolute Gasteiger partial charge is 0.364 e. The van der Waals surface area contributed by atoms with Crippen molar-refractivity contribution in [2.24, 2.45) is 0 Å². The zero-order valence-corrected chi connectivity index (χ0v) is 13.1. The average Bonchev–Trinajstić information content (AvgIpc) is 2.56. The van der Waals surface area contributed by atoms with Gasteiger partial charge >= 0.3 is 0 Å². The van der Waals surface area contributed by atoms with Crippen LogP contribution in [0.5, 0.6) is 0 Å². The maximum absolute atomic E-state index is 13.8. The van der Waals surface area contributed by atoms with Crippen LogP contribution in [0.2, 0.25) is 0 Å². The second kappa shape index (κ2) is 6.25. The third-order valence-electron chi connectivity index (χ3n) is 3.87. The molecule has 1 aliphatic rings. The minimum Gasteiger partial charge on any atom is -0.364 e. The van der Waals surface area contributed by atoms with Crippen molar-refractivity contribution in [2.75, 3.05) is 31.1 Å². The molecule has 1 fully saturated rings. The summed E-state index contributed by atoms with van der Waals surface area (Å²) in [6.45, 7) is 0.851. The van der Waals surface area contributed by atoms with Crippen LogP contribution in [0.3, 0.4) is 0 Å². The lowest BCUT2D eigenvalue weighted by molar-refractivity contribution is 0.381. The van der Waals surface area contributed by atoms with Gasteiger partial charge in [0.2, 0.25) is 10.0 Å². The number of rotatable bonds is 3. The Hall–Kier alpha value is -1.99. The summed E-state index contributed by atoms with van der Waals surface area (Å²) in [5.74, 6) is -1.27. The monoisotopic (exact) mass is 338 g/mol. The van der Waals surface area contributed by atoms with Gasteiger partial charge in [-0.25, -0.2) is 17.2 Å². The molecule has 0 aliphatic carbocycles. The minimum absolute atomic E-state index is 0.0933. The molecule has 122 valence electrons. The molecule has 0 bridgehead atoms. The molecule has 0 saturated carbocycles. The van der Waals surface area contributed by atoms with E-state index in [-0.39, 0.29) is 36.8 Å². The van der Waals surface area contributed by atoms with Gasteiger partial charge in [-0.05, 0) is 24.3 Å². The van der Waals surface area contributed by atoms with Gasteiger partial charge in [0.1, 0.15) is 17.3 Å². The van der Waals surface area contributed by atoms with E-state index in [2.05, 4.69) is 0 Å². The number of sulfonamides is 1. The molecule has 1 saturated heterocycles. The van der Waals surface area contributed by atoms with Gasteiger partial charge in [-0.2, -0.15) is 4.31 Å². The summed E-state index contributed by atoms with van der Waals surface area (Å²) < 4.78 is 54.0. The molecular formula is C16H16F2N2O2S. The van der Waals surface area contributed by atoms with Crippen molar-refractivity contribution in [3.8, 4) is 0 Å². The Bertz CT molecular complexity index is 769. The van der Waals surface area contributed by atoms with Crippen LogP contribution in [0.25, 0.3) is 0 Å². The van der Waals surface area contributed by atoms with Crippen molar-refractivity contribution >= 4 is 15.7 Å². The maximum Gasteiger partial charge on any atom is 0.243 e. The van der Waals surface area contributed by atoms with Crippen LogP contribution >= 0.6 is 0 Å². The first kappa shape index (κ1) is 15.9. The first-order valence-corrected chi connectivity index (χ1v) is 8.68. The van der Waals surface area contributed by atoms with Crippen LogP contribution < -0.4 is 4.90 Å². The molecule has 0 radical (unpaired) electrons. The average molecular weight is 338 g/mol. The number of benzene rings is 2. The number of para-hydroxylation sites is 1. The number of piperazine rings is 1. The fourth-order valence-electron chi connectivity index (χ4n) is 2.68. The molecule has 0 atom stereocenters. The first-order chi connectivity index (χ1) is 11.0. The van der Waals surface area contributed by atoms with Gasteiger partial charge in [0.15, 0.2) is 0 Å². The van der Waals surface area contributed by atoms with Gasteiger partial charge in [0.05, 0.1) is 4.90 Å². The van der Waals surface area contributed by atoms with E-state index < -0.39 is 21.7 Å². The van der Waals surface area contributed by atoms with Crippen LogP contribution in [0.1, 0.15) is 0 Å². The molecule has 2 aromatic carbocycles. The molecule has 2 aromatic rings. The van der Waals surface area contributed by atoms with Crippen molar-refractivity contribution in [3.63, 3.8) is 0 Å². The summed E-state index contributed by atoms with van der Waals surface area (Å²) in [5.41, 5.74) is -0.0933. The lowest BCUT2D eigenvalue weighted by Crippen LogP contribution is -2.49. The van der Waals surface area contributed by atoms with E-state index in [0.717, 1.165) is 0 Å². The standard InChI is InChI=1S/C16H16F2N2O2S/c17-14-7-4-8-15(18)16(14)19-9-11-20(12-10-19)23(21,22)13-5-2-1-3-6-13/h1-8H,9-12H2. The SMILES string of the molecule is O=S(=O)(c1ccccc1)N1CCN(c2c(F)cccc2F)CC1. The van der Waals surface area contributed by atoms with Gasteiger partial charge in [-0.15, -0.1) is 0 Å². The topological polar surface area (TPSA) is 40.6 Å². The minimum atomic E-state index is -3.57. The second-order valence-corrected chi connectivity index (χ2v) is 7.21. The molecule has 7 heteroatoms.